The van der Waals surface area contributed by atoms with E-state index in [-0.39, 0.29) is 18.7 Å². The van der Waals surface area contributed by atoms with Gasteiger partial charge in [-0.3, -0.25) is 14.6 Å². The molecule has 0 saturated carbocycles. The van der Waals surface area contributed by atoms with Crippen LogP contribution >= 0.6 is 11.6 Å². The lowest BCUT2D eigenvalue weighted by atomic mass is 10.0. The van der Waals surface area contributed by atoms with Crippen LogP contribution in [0.3, 0.4) is 0 Å². The third-order valence-corrected chi connectivity index (χ3v) is 4.96. The number of carboxylic acid groups (broad SMARTS) is 1. The molecule has 2 aromatic carbocycles. The Balaban J connectivity index is 1.68. The second-order valence-corrected chi connectivity index (χ2v) is 7.13. The molecule has 0 bridgehead atoms. The predicted molar refractivity (Wildman–Crippen MR) is 109 cm³/mol. The lowest BCUT2D eigenvalue weighted by Gasteiger charge is -2.21. The molecule has 0 saturated heterocycles. The van der Waals surface area contributed by atoms with E-state index in [2.05, 4.69) is 15.1 Å². The van der Waals surface area contributed by atoms with Gasteiger partial charge < -0.3 is 5.11 Å². The van der Waals surface area contributed by atoms with E-state index < -0.39 is 12.0 Å². The first-order valence-corrected chi connectivity index (χ1v) is 9.48. The average Bonchev–Trinajstić information content (AvgIpc) is 3.17. The first-order valence-electron chi connectivity index (χ1n) is 9.10. The Morgan fingerprint density at radius 1 is 1.07 bits per heavy atom. The van der Waals surface area contributed by atoms with E-state index in [4.69, 9.17) is 16.7 Å². The van der Waals surface area contributed by atoms with Crippen molar-refractivity contribution in [1.29, 1.82) is 0 Å². The predicted octanol–water partition coefficient (Wildman–Crippen LogP) is 3.83. The largest absolute Gasteiger partial charge is 0.481 e. The van der Waals surface area contributed by atoms with Gasteiger partial charge in [-0.2, -0.15) is 5.10 Å². The zero-order chi connectivity index (χ0) is 20.4. The van der Waals surface area contributed by atoms with Crippen molar-refractivity contribution >= 4 is 40.2 Å². The number of hydrogen-bond donors (Lipinski definition) is 1. The molecule has 1 aliphatic rings. The van der Waals surface area contributed by atoms with Crippen LogP contribution in [0.15, 0.2) is 59.8 Å². The summed E-state index contributed by atoms with van der Waals surface area (Å²) in [7, 11) is 0. The number of carbonyl (C=O) groups excluding carboxylic acids is 1. The van der Waals surface area contributed by atoms with Crippen LogP contribution in [0.5, 0.6) is 0 Å². The van der Waals surface area contributed by atoms with Crippen molar-refractivity contribution in [2.45, 2.75) is 25.3 Å². The number of rotatable bonds is 5. The molecule has 1 aromatic heterocycles. The van der Waals surface area contributed by atoms with E-state index in [1.54, 1.807) is 18.3 Å². The maximum absolute atomic E-state index is 12.7. The van der Waals surface area contributed by atoms with Gasteiger partial charge in [0.1, 0.15) is 6.04 Å². The first kappa shape index (κ1) is 19.0. The van der Waals surface area contributed by atoms with Crippen LogP contribution < -0.4 is 0 Å². The van der Waals surface area contributed by atoms with E-state index in [1.165, 1.54) is 5.01 Å². The number of hydrogen-bond acceptors (Lipinski definition) is 5. The summed E-state index contributed by atoms with van der Waals surface area (Å²) in [5.74, 6) is -1.39. The highest BCUT2D eigenvalue weighted by atomic mass is 35.5. The van der Waals surface area contributed by atoms with Gasteiger partial charge in [-0.25, -0.2) is 9.99 Å². The molecule has 146 valence electrons. The van der Waals surface area contributed by atoms with Gasteiger partial charge >= 0.3 is 5.97 Å². The van der Waals surface area contributed by atoms with Crippen LogP contribution in [0.4, 0.5) is 0 Å². The van der Waals surface area contributed by atoms with Crippen LogP contribution in [0.25, 0.3) is 11.0 Å². The molecule has 1 aliphatic heterocycles. The second-order valence-electron chi connectivity index (χ2n) is 6.69. The van der Waals surface area contributed by atoms with Crippen LogP contribution in [-0.2, 0) is 9.59 Å². The van der Waals surface area contributed by atoms with Crippen LogP contribution in [0.1, 0.15) is 36.6 Å². The molecule has 0 radical (unpaired) electrons. The maximum atomic E-state index is 12.7. The minimum Gasteiger partial charge on any atom is -0.481 e. The van der Waals surface area contributed by atoms with Crippen molar-refractivity contribution in [2.24, 2.45) is 5.10 Å². The summed E-state index contributed by atoms with van der Waals surface area (Å²) in [6.07, 6.45) is 1.71. The van der Waals surface area contributed by atoms with Crippen LogP contribution in [0.2, 0.25) is 5.02 Å². The number of nitrogens with zero attached hydrogens (tertiary/aromatic N) is 4. The highest BCUT2D eigenvalue weighted by Crippen LogP contribution is 2.33. The Kier molecular flexibility index (Phi) is 5.22. The smallest absolute Gasteiger partial charge is 0.303 e. The molecule has 1 N–H and O–H groups in total. The molecule has 1 amide bonds. The van der Waals surface area contributed by atoms with E-state index in [0.717, 1.165) is 16.6 Å². The summed E-state index contributed by atoms with van der Waals surface area (Å²) < 4.78 is 0. The van der Waals surface area contributed by atoms with Gasteiger partial charge in [0.15, 0.2) is 0 Å². The number of aromatic nitrogens is 2. The minimum absolute atomic E-state index is 0.135. The molecule has 4 rings (SSSR count). The number of halogens is 1. The number of hydrazone groups is 1. The van der Waals surface area contributed by atoms with Gasteiger partial charge in [-0.15, -0.1) is 0 Å². The van der Waals surface area contributed by atoms with Crippen molar-refractivity contribution in [2.75, 3.05) is 0 Å². The SMILES string of the molecule is O=C(O)CCC(=O)N1N=C(c2ccc(Cl)cc2)C[C@H]1c1cnc2ccccc2n1. The van der Waals surface area contributed by atoms with E-state index in [0.29, 0.717) is 22.8 Å². The van der Waals surface area contributed by atoms with Crippen molar-refractivity contribution in [3.05, 3.63) is 71.0 Å². The Bertz CT molecular complexity index is 1110. The first-order chi connectivity index (χ1) is 14.0. The molecule has 3 aromatic rings. The quantitative estimate of drug-likeness (QED) is 0.692. The van der Waals surface area contributed by atoms with Crippen molar-refractivity contribution in [3.63, 3.8) is 0 Å². The van der Waals surface area contributed by atoms with Crippen molar-refractivity contribution in [1.82, 2.24) is 15.0 Å². The molecular weight excluding hydrogens is 392 g/mol. The van der Waals surface area contributed by atoms with Gasteiger partial charge in [0.05, 0.1) is 35.1 Å². The van der Waals surface area contributed by atoms with Crippen molar-refractivity contribution < 1.29 is 14.7 Å². The Hall–Kier alpha value is -3.32. The molecular formula is C21H17ClN4O3. The minimum atomic E-state index is -1.03. The topological polar surface area (TPSA) is 95.8 Å². The lowest BCUT2D eigenvalue weighted by Crippen LogP contribution is -2.28. The summed E-state index contributed by atoms with van der Waals surface area (Å²) in [6.45, 7) is 0. The highest BCUT2D eigenvalue weighted by molar-refractivity contribution is 6.30. The van der Waals surface area contributed by atoms with E-state index in [9.17, 15) is 9.59 Å². The summed E-state index contributed by atoms with van der Waals surface area (Å²) in [4.78, 5) is 32.7. The molecule has 29 heavy (non-hydrogen) atoms. The monoisotopic (exact) mass is 408 g/mol. The number of aliphatic carboxylic acids is 1. The molecule has 8 heteroatoms. The second kappa shape index (κ2) is 7.97. The fourth-order valence-electron chi connectivity index (χ4n) is 3.25. The molecule has 0 aliphatic carbocycles. The zero-order valence-electron chi connectivity index (χ0n) is 15.3. The van der Waals surface area contributed by atoms with Gasteiger partial charge in [0.2, 0.25) is 5.91 Å². The Labute approximate surface area is 171 Å². The normalized spacial score (nSPS) is 16.1. The number of benzene rings is 2. The number of carboxylic acids is 1. The average molecular weight is 409 g/mol. The summed E-state index contributed by atoms with van der Waals surface area (Å²) in [5, 5.41) is 15.4. The summed E-state index contributed by atoms with van der Waals surface area (Å²) in [5.41, 5.74) is 3.66. The van der Waals surface area contributed by atoms with Gasteiger partial charge in [-0.1, -0.05) is 35.9 Å². The fourth-order valence-corrected chi connectivity index (χ4v) is 3.37. The third-order valence-electron chi connectivity index (χ3n) is 4.70. The molecule has 2 heterocycles. The number of fused-ring (bicyclic) bond motifs is 1. The Morgan fingerprint density at radius 3 is 2.52 bits per heavy atom. The van der Waals surface area contributed by atoms with E-state index in [1.807, 2.05) is 36.4 Å². The van der Waals surface area contributed by atoms with Crippen molar-refractivity contribution in [3.8, 4) is 0 Å². The standard InChI is InChI=1S/C21H17ClN4O3/c22-14-7-5-13(6-8-14)17-11-19(26(25-17)20(27)9-10-21(28)29)18-12-23-15-3-1-2-4-16(15)24-18/h1-8,12,19H,9-11H2,(H,28,29)/t19-/m0/s1. The molecule has 7 nitrogen and oxygen atoms in total. The van der Waals surface area contributed by atoms with Gasteiger partial charge in [0, 0.05) is 17.9 Å². The van der Waals surface area contributed by atoms with Gasteiger partial charge in [0.25, 0.3) is 0 Å². The van der Waals surface area contributed by atoms with Crippen LogP contribution in [0, 0.1) is 0 Å². The fraction of sp³-hybridized carbons (Fsp3) is 0.190. The Morgan fingerprint density at radius 2 is 1.79 bits per heavy atom. The highest BCUT2D eigenvalue weighted by Gasteiger charge is 2.34. The summed E-state index contributed by atoms with van der Waals surface area (Å²) >= 11 is 5.97. The van der Waals surface area contributed by atoms with E-state index >= 15 is 0 Å². The summed E-state index contributed by atoms with van der Waals surface area (Å²) in [6, 6.07) is 14.3. The molecule has 0 fully saturated rings. The third kappa shape index (κ3) is 4.09. The number of para-hydroxylation sites is 2. The molecule has 0 spiro atoms. The maximum Gasteiger partial charge on any atom is 0.303 e. The van der Waals surface area contributed by atoms with Gasteiger partial charge in [-0.05, 0) is 29.8 Å². The lowest BCUT2D eigenvalue weighted by molar-refractivity contribution is -0.141. The van der Waals surface area contributed by atoms with Crippen LogP contribution in [-0.4, -0.2) is 37.7 Å². The zero-order valence-corrected chi connectivity index (χ0v) is 16.1. The number of carbonyl (C=O) groups is 2. The molecule has 1 atom stereocenters. The molecule has 0 unspecified atom stereocenters. The number of amides is 1.